The third kappa shape index (κ3) is 3.92. The van der Waals surface area contributed by atoms with Gasteiger partial charge in [-0.2, -0.15) is 4.57 Å². The highest BCUT2D eigenvalue weighted by Gasteiger charge is 2.24. The number of para-hydroxylation sites is 3. The summed E-state index contributed by atoms with van der Waals surface area (Å²) in [6.45, 7) is 6.78. The Kier molecular flexibility index (Phi) is 5.52. The molecule has 0 spiro atoms. The van der Waals surface area contributed by atoms with Crippen LogP contribution in [0.3, 0.4) is 0 Å². The summed E-state index contributed by atoms with van der Waals surface area (Å²) in [6.07, 6.45) is 5.51. The maximum absolute atomic E-state index is 6.11. The first-order chi connectivity index (χ1) is 14.4. The van der Waals surface area contributed by atoms with Gasteiger partial charge in [0.05, 0.1) is 44.2 Å². The maximum Gasteiger partial charge on any atom is 0.213 e. The Labute approximate surface area is 180 Å². The number of hydrogen-bond donors (Lipinski definition) is 0. The van der Waals surface area contributed by atoms with Crippen molar-refractivity contribution in [2.45, 2.75) is 32.9 Å². The fourth-order valence-corrected chi connectivity index (χ4v) is 3.92. The van der Waals surface area contributed by atoms with Crippen molar-refractivity contribution >= 4 is 22.7 Å². The van der Waals surface area contributed by atoms with Gasteiger partial charge in [0.25, 0.3) is 0 Å². The summed E-state index contributed by atoms with van der Waals surface area (Å²) in [6, 6.07) is 19.6. The Morgan fingerprint density at radius 1 is 1.03 bits per heavy atom. The van der Waals surface area contributed by atoms with Gasteiger partial charge in [-0.1, -0.05) is 24.3 Å². The lowest BCUT2D eigenvalue weighted by Crippen LogP contribution is -2.47. The van der Waals surface area contributed by atoms with E-state index in [9.17, 15) is 0 Å². The molecule has 0 atom stereocenters. The monoisotopic (exact) mass is 403 g/mol. The zero-order valence-corrected chi connectivity index (χ0v) is 18.8. The molecule has 3 aromatic rings. The molecule has 0 unspecified atom stereocenters. The molecule has 0 fully saturated rings. The molecule has 2 aromatic carbocycles. The normalized spacial score (nSPS) is 15.1. The van der Waals surface area contributed by atoms with Crippen LogP contribution < -0.4 is 14.2 Å². The van der Waals surface area contributed by atoms with Crippen LogP contribution in [0.4, 0.5) is 5.69 Å². The molecule has 4 rings (SSSR count). The number of benzene rings is 2. The van der Waals surface area contributed by atoms with E-state index in [1.54, 1.807) is 0 Å². The third-order valence-corrected chi connectivity index (χ3v) is 6.54. The predicted molar refractivity (Wildman–Crippen MR) is 124 cm³/mol. The van der Waals surface area contributed by atoms with Gasteiger partial charge in [-0.25, -0.2) is 0 Å². The van der Waals surface area contributed by atoms with E-state index in [1.165, 1.54) is 23.0 Å². The lowest BCUT2D eigenvalue weighted by atomic mass is 10.1. The molecule has 4 heteroatoms. The summed E-state index contributed by atoms with van der Waals surface area (Å²) >= 11 is 0. The molecular weight excluding hydrogens is 370 g/mol. The SMILES string of the molecule is CC(C)[N+](C)(C)CCC[n+]1ccc(/C=C2\Oc3ccccc3N2C)c2ccccc21. The molecule has 1 aromatic heterocycles. The molecule has 0 radical (unpaired) electrons. The second-order valence-electron chi connectivity index (χ2n) is 9.04. The number of pyridine rings is 1. The summed E-state index contributed by atoms with van der Waals surface area (Å²) in [5, 5.41) is 1.25. The van der Waals surface area contributed by atoms with Gasteiger partial charge in [-0.15, -0.1) is 0 Å². The third-order valence-electron chi connectivity index (χ3n) is 6.54. The quantitative estimate of drug-likeness (QED) is 0.433. The predicted octanol–water partition coefficient (Wildman–Crippen LogP) is 4.83. The highest BCUT2D eigenvalue weighted by molar-refractivity contribution is 5.86. The Morgan fingerprint density at radius 3 is 2.53 bits per heavy atom. The van der Waals surface area contributed by atoms with Crippen LogP contribution in [0.25, 0.3) is 17.0 Å². The van der Waals surface area contributed by atoms with Crippen molar-refractivity contribution in [1.29, 1.82) is 0 Å². The Balaban J connectivity index is 1.61. The van der Waals surface area contributed by atoms with Gasteiger partial charge in [-0.05, 0) is 37.6 Å². The molecule has 1 aliphatic rings. The average molecular weight is 404 g/mol. The molecule has 0 amide bonds. The summed E-state index contributed by atoms with van der Waals surface area (Å²) in [7, 11) is 6.69. The topological polar surface area (TPSA) is 16.4 Å². The van der Waals surface area contributed by atoms with E-state index in [1.807, 2.05) is 18.2 Å². The molecule has 2 heterocycles. The fourth-order valence-electron chi connectivity index (χ4n) is 3.92. The number of hydrogen-bond acceptors (Lipinski definition) is 2. The van der Waals surface area contributed by atoms with E-state index in [0.29, 0.717) is 6.04 Å². The van der Waals surface area contributed by atoms with E-state index in [2.05, 4.69) is 93.1 Å². The van der Waals surface area contributed by atoms with E-state index >= 15 is 0 Å². The molecular formula is C26H33N3O+2. The number of anilines is 1. The second kappa shape index (κ2) is 8.11. The summed E-state index contributed by atoms with van der Waals surface area (Å²) < 4.78 is 9.53. The summed E-state index contributed by atoms with van der Waals surface area (Å²) in [5.74, 6) is 1.77. The maximum atomic E-state index is 6.11. The molecule has 4 nitrogen and oxygen atoms in total. The van der Waals surface area contributed by atoms with Gasteiger partial charge >= 0.3 is 0 Å². The van der Waals surface area contributed by atoms with Crippen molar-refractivity contribution in [3.8, 4) is 5.75 Å². The number of fused-ring (bicyclic) bond motifs is 2. The van der Waals surface area contributed by atoms with Crippen LogP contribution >= 0.6 is 0 Å². The molecule has 156 valence electrons. The largest absolute Gasteiger partial charge is 0.439 e. The Hall–Kier alpha value is -2.85. The lowest BCUT2D eigenvalue weighted by Gasteiger charge is -2.33. The van der Waals surface area contributed by atoms with Crippen LogP contribution in [0.15, 0.2) is 66.7 Å². The minimum absolute atomic E-state index is 0.633. The number of rotatable bonds is 6. The van der Waals surface area contributed by atoms with Gasteiger partial charge in [0.15, 0.2) is 18.5 Å². The molecule has 0 bridgehead atoms. The molecule has 0 N–H and O–H groups in total. The van der Waals surface area contributed by atoms with Crippen LogP contribution in [0.1, 0.15) is 25.8 Å². The van der Waals surface area contributed by atoms with Crippen molar-refractivity contribution in [1.82, 2.24) is 0 Å². The smallest absolute Gasteiger partial charge is 0.213 e. The highest BCUT2D eigenvalue weighted by Crippen LogP contribution is 2.38. The Morgan fingerprint density at radius 2 is 1.77 bits per heavy atom. The van der Waals surface area contributed by atoms with E-state index in [0.717, 1.165) is 34.8 Å². The van der Waals surface area contributed by atoms with Crippen LogP contribution in [-0.4, -0.2) is 38.2 Å². The fraction of sp³-hybridized carbons (Fsp3) is 0.346. The zero-order valence-electron chi connectivity index (χ0n) is 18.8. The van der Waals surface area contributed by atoms with E-state index < -0.39 is 0 Å². The Bertz CT molecular complexity index is 1080. The van der Waals surface area contributed by atoms with Crippen molar-refractivity contribution in [2.75, 3.05) is 32.6 Å². The molecule has 1 aliphatic heterocycles. The number of ether oxygens (including phenoxy) is 1. The molecule has 30 heavy (non-hydrogen) atoms. The van der Waals surface area contributed by atoms with Crippen molar-refractivity contribution in [3.63, 3.8) is 0 Å². The van der Waals surface area contributed by atoms with Crippen molar-refractivity contribution in [3.05, 3.63) is 72.2 Å². The highest BCUT2D eigenvalue weighted by atomic mass is 16.5. The number of nitrogens with zero attached hydrogens (tertiary/aromatic N) is 3. The van der Waals surface area contributed by atoms with Crippen molar-refractivity contribution in [2.24, 2.45) is 0 Å². The number of aryl methyl sites for hydroxylation is 1. The van der Waals surface area contributed by atoms with E-state index in [4.69, 9.17) is 4.74 Å². The van der Waals surface area contributed by atoms with Crippen LogP contribution in [0.2, 0.25) is 0 Å². The van der Waals surface area contributed by atoms with Gasteiger partial charge in [0.1, 0.15) is 0 Å². The zero-order chi connectivity index (χ0) is 21.3. The minimum atomic E-state index is 0.633. The van der Waals surface area contributed by atoms with Gasteiger partial charge in [0, 0.05) is 25.3 Å². The summed E-state index contributed by atoms with van der Waals surface area (Å²) in [5.41, 5.74) is 3.54. The van der Waals surface area contributed by atoms with Crippen LogP contribution in [-0.2, 0) is 6.54 Å². The minimum Gasteiger partial charge on any atom is -0.439 e. The van der Waals surface area contributed by atoms with Gasteiger partial charge in [-0.3, -0.25) is 0 Å². The summed E-state index contributed by atoms with van der Waals surface area (Å²) in [4.78, 5) is 2.11. The van der Waals surface area contributed by atoms with E-state index in [-0.39, 0.29) is 0 Å². The average Bonchev–Trinajstić information content (AvgIpc) is 3.05. The van der Waals surface area contributed by atoms with Crippen LogP contribution in [0.5, 0.6) is 5.75 Å². The molecule has 0 saturated heterocycles. The lowest BCUT2D eigenvalue weighted by molar-refractivity contribution is -0.913. The number of aromatic nitrogens is 1. The first-order valence-electron chi connectivity index (χ1n) is 10.8. The second-order valence-corrected chi connectivity index (χ2v) is 9.04. The first-order valence-corrected chi connectivity index (χ1v) is 10.8. The molecule has 0 saturated carbocycles. The molecule has 0 aliphatic carbocycles. The van der Waals surface area contributed by atoms with Crippen molar-refractivity contribution < 1.29 is 13.8 Å². The standard InChI is InChI=1S/C26H33N3O/c1-20(2)29(4,5)18-10-16-28-17-15-21(22-11-6-7-12-23(22)28)19-26-27(3)24-13-8-9-14-25(24)30-26/h6-9,11-15,17,19-20H,10,16,18H2,1-5H3/q+2. The van der Waals surface area contributed by atoms with Crippen LogP contribution in [0, 0.1) is 0 Å². The number of quaternary nitrogens is 1. The van der Waals surface area contributed by atoms with Gasteiger partial charge < -0.3 is 14.1 Å². The van der Waals surface area contributed by atoms with Gasteiger partial charge in [0.2, 0.25) is 11.4 Å². The first kappa shape index (κ1) is 20.4.